The molecule has 0 amide bonds. The monoisotopic (exact) mass is 186 g/mol. The molecule has 1 unspecified atom stereocenters. The Bertz CT molecular complexity index is 156. The van der Waals surface area contributed by atoms with E-state index in [2.05, 4.69) is 16.8 Å². The largest absolute Gasteiger partial charge is 0.356 e. The standard InChI is InChI=1S/C9H18N2O2/c1-3-13-9(8-12)11-6-4-10(2)5-7-11/h8-9H,3-7H2,1-2H3. The van der Waals surface area contributed by atoms with E-state index in [4.69, 9.17) is 4.74 Å². The van der Waals surface area contributed by atoms with E-state index in [1.165, 1.54) is 0 Å². The topological polar surface area (TPSA) is 32.8 Å². The molecule has 0 saturated carbocycles. The molecule has 4 heteroatoms. The van der Waals surface area contributed by atoms with E-state index in [0.29, 0.717) is 6.61 Å². The van der Waals surface area contributed by atoms with Gasteiger partial charge in [-0.15, -0.1) is 0 Å². The van der Waals surface area contributed by atoms with Crippen LogP contribution in [0.4, 0.5) is 0 Å². The van der Waals surface area contributed by atoms with Crippen molar-refractivity contribution in [3.05, 3.63) is 0 Å². The molecule has 13 heavy (non-hydrogen) atoms. The number of ether oxygens (including phenoxy) is 1. The summed E-state index contributed by atoms with van der Waals surface area (Å²) >= 11 is 0. The molecule has 1 aliphatic heterocycles. The summed E-state index contributed by atoms with van der Waals surface area (Å²) in [5.74, 6) is 0. The number of hydrogen-bond acceptors (Lipinski definition) is 4. The van der Waals surface area contributed by atoms with Crippen molar-refractivity contribution in [2.75, 3.05) is 39.8 Å². The van der Waals surface area contributed by atoms with Crippen LogP contribution in [0.3, 0.4) is 0 Å². The molecule has 1 fully saturated rings. The number of carbonyl (C=O) groups is 1. The fourth-order valence-electron chi connectivity index (χ4n) is 1.48. The third-order valence-corrected chi connectivity index (χ3v) is 2.35. The number of piperazine rings is 1. The zero-order valence-electron chi connectivity index (χ0n) is 8.40. The second-order valence-electron chi connectivity index (χ2n) is 3.32. The first-order valence-corrected chi connectivity index (χ1v) is 4.77. The molecule has 1 rings (SSSR count). The maximum Gasteiger partial charge on any atom is 0.167 e. The van der Waals surface area contributed by atoms with Gasteiger partial charge >= 0.3 is 0 Å². The summed E-state index contributed by atoms with van der Waals surface area (Å²) < 4.78 is 5.31. The van der Waals surface area contributed by atoms with Crippen LogP contribution in [0, 0.1) is 0 Å². The third-order valence-electron chi connectivity index (χ3n) is 2.35. The van der Waals surface area contributed by atoms with Gasteiger partial charge in [0.15, 0.2) is 12.5 Å². The van der Waals surface area contributed by atoms with Crippen molar-refractivity contribution in [1.82, 2.24) is 9.80 Å². The van der Waals surface area contributed by atoms with Gasteiger partial charge in [0.1, 0.15) is 0 Å². The van der Waals surface area contributed by atoms with Crippen LogP contribution < -0.4 is 0 Å². The van der Waals surface area contributed by atoms with E-state index in [1.807, 2.05) is 6.92 Å². The molecule has 1 aliphatic rings. The van der Waals surface area contributed by atoms with Gasteiger partial charge in [0.2, 0.25) is 0 Å². The zero-order chi connectivity index (χ0) is 9.68. The van der Waals surface area contributed by atoms with E-state index in [1.54, 1.807) is 0 Å². The lowest BCUT2D eigenvalue weighted by atomic mass is 10.3. The molecule has 4 nitrogen and oxygen atoms in total. The van der Waals surface area contributed by atoms with Crippen LogP contribution in [0.25, 0.3) is 0 Å². The van der Waals surface area contributed by atoms with Crippen molar-refractivity contribution in [1.29, 1.82) is 0 Å². The Kier molecular flexibility index (Phi) is 4.35. The fourth-order valence-corrected chi connectivity index (χ4v) is 1.48. The molecule has 0 N–H and O–H groups in total. The Morgan fingerprint density at radius 1 is 1.38 bits per heavy atom. The van der Waals surface area contributed by atoms with E-state index < -0.39 is 0 Å². The minimum Gasteiger partial charge on any atom is -0.356 e. The molecule has 0 aromatic rings. The van der Waals surface area contributed by atoms with Crippen LogP contribution in [0.2, 0.25) is 0 Å². The fraction of sp³-hybridized carbons (Fsp3) is 0.889. The molecule has 76 valence electrons. The Hall–Kier alpha value is -0.450. The lowest BCUT2D eigenvalue weighted by molar-refractivity contribution is -0.133. The summed E-state index contributed by atoms with van der Waals surface area (Å²) in [5, 5.41) is 0. The number of rotatable bonds is 4. The van der Waals surface area contributed by atoms with E-state index in [9.17, 15) is 4.79 Å². The average Bonchev–Trinajstić information content (AvgIpc) is 2.16. The van der Waals surface area contributed by atoms with Gasteiger partial charge in [-0.2, -0.15) is 0 Å². The van der Waals surface area contributed by atoms with Crippen LogP contribution in [0.15, 0.2) is 0 Å². The predicted molar refractivity (Wildman–Crippen MR) is 50.5 cm³/mol. The molecule has 0 bridgehead atoms. The highest BCUT2D eigenvalue weighted by Gasteiger charge is 2.21. The summed E-state index contributed by atoms with van der Waals surface area (Å²) in [4.78, 5) is 15.0. The summed E-state index contributed by atoms with van der Waals surface area (Å²) in [6, 6.07) is 0. The number of aldehydes is 1. The first kappa shape index (κ1) is 10.6. The second kappa shape index (κ2) is 5.32. The Labute approximate surface area is 79.4 Å². The normalized spacial score (nSPS) is 22.9. The molecule has 0 spiro atoms. The quantitative estimate of drug-likeness (QED) is 0.569. The maximum absolute atomic E-state index is 10.7. The molecule has 0 radical (unpaired) electrons. The van der Waals surface area contributed by atoms with Crippen molar-refractivity contribution in [3.63, 3.8) is 0 Å². The van der Waals surface area contributed by atoms with Gasteiger partial charge in [-0.1, -0.05) is 0 Å². The second-order valence-corrected chi connectivity index (χ2v) is 3.32. The zero-order valence-corrected chi connectivity index (χ0v) is 8.40. The lowest BCUT2D eigenvalue weighted by Gasteiger charge is -2.35. The molecule has 0 aromatic carbocycles. The number of likely N-dealkylation sites (N-methyl/N-ethyl adjacent to an activating group) is 1. The number of nitrogens with zero attached hydrogens (tertiary/aromatic N) is 2. The molecule has 0 aliphatic carbocycles. The molecular weight excluding hydrogens is 168 g/mol. The van der Waals surface area contributed by atoms with E-state index >= 15 is 0 Å². The summed E-state index contributed by atoms with van der Waals surface area (Å²) in [6.45, 7) is 6.36. The minimum absolute atomic E-state index is 0.335. The van der Waals surface area contributed by atoms with Crippen LogP contribution in [0.1, 0.15) is 6.92 Å². The molecule has 1 atom stereocenters. The number of carbonyl (C=O) groups excluding carboxylic acids is 1. The lowest BCUT2D eigenvalue weighted by Crippen LogP contribution is -2.50. The SMILES string of the molecule is CCOC(C=O)N1CCN(C)CC1. The van der Waals surface area contributed by atoms with Crippen molar-refractivity contribution >= 4 is 6.29 Å². The Balaban J connectivity index is 2.36. The van der Waals surface area contributed by atoms with Crippen molar-refractivity contribution < 1.29 is 9.53 Å². The highest BCUT2D eigenvalue weighted by Crippen LogP contribution is 2.04. The van der Waals surface area contributed by atoms with Gasteiger partial charge in [-0.3, -0.25) is 9.69 Å². The molecule has 1 saturated heterocycles. The summed E-state index contributed by atoms with van der Waals surface area (Å²) in [7, 11) is 2.09. The Morgan fingerprint density at radius 2 is 2.00 bits per heavy atom. The Morgan fingerprint density at radius 3 is 2.46 bits per heavy atom. The molecular formula is C9H18N2O2. The first-order chi connectivity index (χ1) is 6.27. The minimum atomic E-state index is -0.335. The van der Waals surface area contributed by atoms with Gasteiger partial charge in [0.25, 0.3) is 0 Å². The predicted octanol–water partition coefficient (Wildman–Crippen LogP) is -0.205. The molecule has 1 heterocycles. The highest BCUT2D eigenvalue weighted by molar-refractivity contribution is 5.55. The van der Waals surface area contributed by atoms with Gasteiger partial charge in [0, 0.05) is 32.8 Å². The van der Waals surface area contributed by atoms with Crippen molar-refractivity contribution in [3.8, 4) is 0 Å². The van der Waals surface area contributed by atoms with Crippen LogP contribution in [-0.4, -0.2) is 62.1 Å². The first-order valence-electron chi connectivity index (χ1n) is 4.77. The van der Waals surface area contributed by atoms with Crippen LogP contribution in [0.5, 0.6) is 0 Å². The van der Waals surface area contributed by atoms with Gasteiger partial charge in [0.05, 0.1) is 0 Å². The summed E-state index contributed by atoms with van der Waals surface area (Å²) in [5.41, 5.74) is 0. The van der Waals surface area contributed by atoms with Crippen LogP contribution in [-0.2, 0) is 9.53 Å². The average molecular weight is 186 g/mol. The smallest absolute Gasteiger partial charge is 0.167 e. The summed E-state index contributed by atoms with van der Waals surface area (Å²) in [6.07, 6.45) is 0.549. The van der Waals surface area contributed by atoms with Crippen LogP contribution >= 0.6 is 0 Å². The van der Waals surface area contributed by atoms with Gasteiger partial charge < -0.3 is 9.64 Å². The van der Waals surface area contributed by atoms with Crippen molar-refractivity contribution in [2.45, 2.75) is 13.2 Å². The van der Waals surface area contributed by atoms with Gasteiger partial charge in [-0.05, 0) is 14.0 Å². The van der Waals surface area contributed by atoms with Gasteiger partial charge in [-0.25, -0.2) is 0 Å². The van der Waals surface area contributed by atoms with E-state index in [-0.39, 0.29) is 6.23 Å². The molecule has 0 aromatic heterocycles. The number of hydrogen-bond donors (Lipinski definition) is 0. The third kappa shape index (κ3) is 3.06. The van der Waals surface area contributed by atoms with E-state index in [0.717, 1.165) is 32.5 Å². The highest BCUT2D eigenvalue weighted by atomic mass is 16.5. The maximum atomic E-state index is 10.7. The van der Waals surface area contributed by atoms with Crippen molar-refractivity contribution in [2.24, 2.45) is 0 Å².